The van der Waals surface area contributed by atoms with Gasteiger partial charge in [0.05, 0.1) is 13.7 Å². The fourth-order valence-electron chi connectivity index (χ4n) is 4.73. The van der Waals surface area contributed by atoms with Crippen LogP contribution in [0, 0.1) is 0 Å². The normalized spacial score (nSPS) is 10.8. The number of carbonyl (C=O) groups is 2. The van der Waals surface area contributed by atoms with Crippen LogP contribution in [0.25, 0.3) is 0 Å². The molecule has 4 rings (SSSR count). The summed E-state index contributed by atoms with van der Waals surface area (Å²) in [7, 11) is 1.66. The maximum atomic E-state index is 13.9. The van der Waals surface area contributed by atoms with Gasteiger partial charge >= 0.3 is 0 Å². The third-order valence-electron chi connectivity index (χ3n) is 6.89. The summed E-state index contributed by atoms with van der Waals surface area (Å²) in [5, 5.41) is 0. The largest absolute Gasteiger partial charge is 0.497 e. The minimum atomic E-state index is -0.156. The van der Waals surface area contributed by atoms with Crippen LogP contribution in [0.5, 0.6) is 5.75 Å². The predicted molar refractivity (Wildman–Crippen MR) is 161 cm³/mol. The molecule has 41 heavy (non-hydrogen) atoms. The van der Waals surface area contributed by atoms with E-state index >= 15 is 0 Å². The van der Waals surface area contributed by atoms with Gasteiger partial charge < -0.3 is 23.8 Å². The molecule has 7 nitrogen and oxygen atoms in total. The molecular weight excluding hydrogens is 514 g/mol. The average molecular weight is 554 g/mol. The standard InChI is InChI=1S/C34H39N3O4/c1-3-41-22-12-21-36(34(39)30-16-8-5-9-17-30)27-33(38)37(24-28-13-6-4-7-14-28)26-31-18-11-20-35(31)25-29-15-10-19-32(23-29)40-2/h4-11,13-20,23H,3,12,21-22,24-27H2,1-2H3. The van der Waals surface area contributed by atoms with E-state index in [4.69, 9.17) is 9.47 Å². The molecule has 0 atom stereocenters. The number of rotatable bonds is 15. The molecule has 4 aromatic rings. The van der Waals surface area contributed by atoms with Crippen molar-refractivity contribution < 1.29 is 19.1 Å². The van der Waals surface area contributed by atoms with Crippen molar-refractivity contribution >= 4 is 11.8 Å². The second-order valence-corrected chi connectivity index (χ2v) is 9.86. The molecule has 214 valence electrons. The maximum absolute atomic E-state index is 13.9. The Morgan fingerprint density at radius 1 is 0.805 bits per heavy atom. The fraction of sp³-hybridized carbons (Fsp3) is 0.294. The van der Waals surface area contributed by atoms with Crippen LogP contribution in [0.15, 0.2) is 103 Å². The summed E-state index contributed by atoms with van der Waals surface area (Å²) >= 11 is 0. The van der Waals surface area contributed by atoms with Gasteiger partial charge in [-0.15, -0.1) is 0 Å². The highest BCUT2D eigenvalue weighted by atomic mass is 16.5. The highest BCUT2D eigenvalue weighted by Gasteiger charge is 2.23. The second kappa shape index (κ2) is 15.4. The van der Waals surface area contributed by atoms with Crippen molar-refractivity contribution in [1.29, 1.82) is 0 Å². The van der Waals surface area contributed by atoms with Gasteiger partial charge in [-0.1, -0.05) is 60.7 Å². The molecule has 0 fully saturated rings. The SMILES string of the molecule is CCOCCCN(CC(=O)N(Cc1ccccc1)Cc1cccn1Cc1cccc(OC)c1)C(=O)c1ccccc1. The van der Waals surface area contributed by atoms with E-state index in [1.807, 2.05) is 96.9 Å². The van der Waals surface area contributed by atoms with Crippen LogP contribution in [0.1, 0.15) is 40.5 Å². The van der Waals surface area contributed by atoms with E-state index in [2.05, 4.69) is 10.6 Å². The zero-order valence-electron chi connectivity index (χ0n) is 23.9. The van der Waals surface area contributed by atoms with Gasteiger partial charge in [0.1, 0.15) is 12.3 Å². The van der Waals surface area contributed by atoms with Gasteiger partial charge in [0.15, 0.2) is 0 Å². The lowest BCUT2D eigenvalue weighted by Gasteiger charge is -2.28. The Labute approximate surface area is 242 Å². The van der Waals surface area contributed by atoms with Crippen molar-refractivity contribution in [2.24, 2.45) is 0 Å². The van der Waals surface area contributed by atoms with Gasteiger partial charge in [-0.3, -0.25) is 9.59 Å². The topological polar surface area (TPSA) is 64.0 Å². The van der Waals surface area contributed by atoms with Gasteiger partial charge in [0, 0.05) is 50.3 Å². The van der Waals surface area contributed by atoms with E-state index in [1.54, 1.807) is 24.1 Å². The molecule has 0 aliphatic carbocycles. The Morgan fingerprint density at radius 2 is 1.54 bits per heavy atom. The van der Waals surface area contributed by atoms with Crippen LogP contribution in [-0.2, 0) is 29.2 Å². The summed E-state index contributed by atoms with van der Waals surface area (Å²) in [5.74, 6) is 0.546. The lowest BCUT2D eigenvalue weighted by Crippen LogP contribution is -2.43. The van der Waals surface area contributed by atoms with Crippen LogP contribution >= 0.6 is 0 Å². The maximum Gasteiger partial charge on any atom is 0.254 e. The summed E-state index contributed by atoms with van der Waals surface area (Å²) in [4.78, 5) is 30.9. The quantitative estimate of drug-likeness (QED) is 0.179. The Balaban J connectivity index is 1.55. The monoisotopic (exact) mass is 553 g/mol. The zero-order chi connectivity index (χ0) is 28.9. The second-order valence-electron chi connectivity index (χ2n) is 9.86. The van der Waals surface area contributed by atoms with Crippen molar-refractivity contribution in [1.82, 2.24) is 14.4 Å². The first-order valence-corrected chi connectivity index (χ1v) is 14.1. The summed E-state index contributed by atoms with van der Waals surface area (Å²) in [5.41, 5.74) is 3.72. The highest BCUT2D eigenvalue weighted by Crippen LogP contribution is 2.18. The van der Waals surface area contributed by atoms with Crippen molar-refractivity contribution in [3.05, 3.63) is 126 Å². The molecule has 1 aromatic heterocycles. The summed E-state index contributed by atoms with van der Waals surface area (Å²) in [6.45, 7) is 5.03. The molecule has 0 N–H and O–H groups in total. The van der Waals surface area contributed by atoms with Gasteiger partial charge in [0.25, 0.3) is 5.91 Å². The smallest absolute Gasteiger partial charge is 0.254 e. The molecule has 7 heteroatoms. The molecular formula is C34H39N3O4. The van der Waals surface area contributed by atoms with E-state index in [-0.39, 0.29) is 18.4 Å². The minimum absolute atomic E-state index is 0.0106. The van der Waals surface area contributed by atoms with Gasteiger partial charge in [0.2, 0.25) is 5.91 Å². The first kappa shape index (κ1) is 29.6. The van der Waals surface area contributed by atoms with Crippen molar-refractivity contribution in [2.45, 2.75) is 33.0 Å². The van der Waals surface area contributed by atoms with Crippen molar-refractivity contribution in [2.75, 3.05) is 33.4 Å². The third-order valence-corrected chi connectivity index (χ3v) is 6.89. The molecule has 0 spiro atoms. The lowest BCUT2D eigenvalue weighted by molar-refractivity contribution is -0.133. The number of nitrogens with zero attached hydrogens (tertiary/aromatic N) is 3. The van der Waals surface area contributed by atoms with E-state index in [0.717, 1.165) is 22.6 Å². The van der Waals surface area contributed by atoms with Crippen LogP contribution in [0.2, 0.25) is 0 Å². The Morgan fingerprint density at radius 3 is 2.27 bits per heavy atom. The molecule has 3 aromatic carbocycles. The molecule has 0 radical (unpaired) electrons. The molecule has 2 amide bonds. The molecule has 0 aliphatic rings. The lowest BCUT2D eigenvalue weighted by atomic mass is 10.1. The highest BCUT2D eigenvalue weighted by molar-refractivity contribution is 5.96. The van der Waals surface area contributed by atoms with Gasteiger partial charge in [-0.25, -0.2) is 0 Å². The molecule has 0 bridgehead atoms. The van der Waals surface area contributed by atoms with Crippen molar-refractivity contribution in [3.8, 4) is 5.75 Å². The minimum Gasteiger partial charge on any atom is -0.497 e. The Hall–Kier alpha value is -4.36. The summed E-state index contributed by atoms with van der Waals surface area (Å²) < 4.78 is 13.0. The first-order valence-electron chi connectivity index (χ1n) is 14.1. The predicted octanol–water partition coefficient (Wildman–Crippen LogP) is 5.64. The number of ether oxygens (including phenoxy) is 2. The average Bonchev–Trinajstić information content (AvgIpc) is 3.45. The molecule has 0 saturated heterocycles. The Kier molecular flexibility index (Phi) is 11.1. The number of hydrogen-bond donors (Lipinski definition) is 0. The van der Waals surface area contributed by atoms with Crippen LogP contribution in [-0.4, -0.2) is 59.6 Å². The van der Waals surface area contributed by atoms with E-state index in [0.29, 0.717) is 51.4 Å². The molecule has 0 aliphatic heterocycles. The number of hydrogen-bond acceptors (Lipinski definition) is 4. The Bertz CT molecular complexity index is 1370. The van der Waals surface area contributed by atoms with Gasteiger partial charge in [-0.05, 0) is 60.9 Å². The molecule has 0 saturated carbocycles. The summed E-state index contributed by atoms with van der Waals surface area (Å²) in [6.07, 6.45) is 2.68. The van der Waals surface area contributed by atoms with Crippen molar-refractivity contribution in [3.63, 3.8) is 0 Å². The van der Waals surface area contributed by atoms with Crippen LogP contribution in [0.4, 0.5) is 0 Å². The summed E-state index contributed by atoms with van der Waals surface area (Å²) in [6, 6.07) is 31.1. The van der Waals surface area contributed by atoms with Gasteiger partial charge in [-0.2, -0.15) is 0 Å². The number of carbonyl (C=O) groups excluding carboxylic acids is 2. The van der Waals surface area contributed by atoms with Crippen LogP contribution in [0.3, 0.4) is 0 Å². The number of methoxy groups -OCH3 is 1. The molecule has 0 unspecified atom stereocenters. The van der Waals surface area contributed by atoms with E-state index in [1.165, 1.54) is 0 Å². The first-order chi connectivity index (χ1) is 20.1. The fourth-order valence-corrected chi connectivity index (χ4v) is 4.73. The van der Waals surface area contributed by atoms with Crippen LogP contribution < -0.4 is 4.74 Å². The van der Waals surface area contributed by atoms with E-state index < -0.39 is 0 Å². The number of amides is 2. The zero-order valence-corrected chi connectivity index (χ0v) is 23.9. The van der Waals surface area contributed by atoms with E-state index in [9.17, 15) is 9.59 Å². The molecule has 1 heterocycles. The third kappa shape index (κ3) is 8.82. The number of benzene rings is 3. The number of aromatic nitrogens is 1.